The van der Waals surface area contributed by atoms with Crippen molar-refractivity contribution >= 4 is 23.1 Å². The van der Waals surface area contributed by atoms with Gasteiger partial charge in [-0.15, -0.1) is 0 Å². The van der Waals surface area contributed by atoms with Crippen molar-refractivity contribution in [3.8, 4) is 46.3 Å². The molecule has 77 heavy (non-hydrogen) atoms. The zero-order valence-electron chi connectivity index (χ0n) is 39.4. The second-order valence-electron chi connectivity index (χ2n) is 16.3. The molecule has 4 aromatic carbocycles. The van der Waals surface area contributed by atoms with E-state index >= 15 is 0 Å². The molecular weight excluding hydrogens is 1180 g/mol. The van der Waals surface area contributed by atoms with Crippen LogP contribution in [-0.2, 0) is 0 Å². The second-order valence-corrected chi connectivity index (χ2v) is 22.0. The monoisotopic (exact) mass is 1220 g/mol. The fourth-order valence-corrected chi connectivity index (χ4v) is 13.7. The molecule has 0 fully saturated rings. The van der Waals surface area contributed by atoms with E-state index in [1.54, 1.807) is 0 Å². The number of rotatable bonds is 16. The third-order valence-electron chi connectivity index (χ3n) is 10.9. The SMILES string of the molecule is Cc1nn(-c2ccccc2)c([O][Ce]([O]c2c(C(=O)C(F)(F)F)c(C)nn2-c2ccccc2)([O]c2c(C(=O)C(F)(F)F)c(C)nn2-c2ccccc2)[O]c2c(C(=O)C(F)(F)F)c(C)nn2-c2ccccc2)c1C(=O)C(F)(F)F. The Hall–Kier alpha value is -7.86. The molecule has 0 saturated heterocycles. The van der Waals surface area contributed by atoms with Crippen LogP contribution in [0.1, 0.15) is 64.2 Å². The third-order valence-corrected chi connectivity index (χ3v) is 16.5. The quantitative estimate of drug-likeness (QED) is 0.0662. The number of nitrogens with zero attached hydrogens (tertiary/aromatic N) is 8. The number of alkyl halides is 12. The van der Waals surface area contributed by atoms with Crippen LogP contribution in [0.5, 0.6) is 23.5 Å². The van der Waals surface area contributed by atoms with Crippen molar-refractivity contribution in [3.63, 3.8) is 0 Å². The molecule has 0 amide bonds. The first-order valence-corrected chi connectivity index (χ1v) is 27.0. The zero-order chi connectivity index (χ0) is 56.2. The Kier molecular flexibility index (Phi) is 14.8. The molecule has 0 aliphatic heterocycles. The van der Waals surface area contributed by atoms with Gasteiger partial charge in [0.2, 0.25) is 0 Å². The molecule has 0 N–H and O–H groups in total. The Labute approximate surface area is 436 Å². The summed E-state index contributed by atoms with van der Waals surface area (Å²) in [6.45, 7) is 3.34. The van der Waals surface area contributed by atoms with Crippen LogP contribution >= 0.6 is 0 Å². The number of benzene rings is 4. The van der Waals surface area contributed by atoms with Gasteiger partial charge in [0.15, 0.2) is 0 Å². The molecule has 4 aromatic heterocycles. The first-order chi connectivity index (χ1) is 36.0. The van der Waals surface area contributed by atoms with Crippen LogP contribution in [0, 0.1) is 63.4 Å². The van der Waals surface area contributed by atoms with Gasteiger partial charge < -0.3 is 0 Å². The van der Waals surface area contributed by atoms with E-state index in [-0.39, 0.29) is 22.7 Å². The minimum atomic E-state index is -8.77. The van der Waals surface area contributed by atoms with Gasteiger partial charge in [-0.25, -0.2) is 0 Å². The summed E-state index contributed by atoms with van der Waals surface area (Å²) in [4.78, 5) is 54.8. The number of hydrogen-bond acceptors (Lipinski definition) is 12. The zero-order valence-corrected chi connectivity index (χ0v) is 42.6. The summed E-state index contributed by atoms with van der Waals surface area (Å²) in [6, 6.07) is 25.1. The van der Waals surface area contributed by atoms with E-state index in [1.807, 2.05) is 0 Å². The maximum absolute atomic E-state index is 14.9. The second kappa shape index (κ2) is 20.6. The van der Waals surface area contributed by atoms with Gasteiger partial charge in [0.25, 0.3) is 0 Å². The number of carbonyl (C=O) groups is 4. The first kappa shape index (κ1) is 55.4. The summed E-state index contributed by atoms with van der Waals surface area (Å²) in [6.07, 6.45) is -23.5. The van der Waals surface area contributed by atoms with Gasteiger partial charge in [0.1, 0.15) is 0 Å². The molecule has 0 radical (unpaired) electrons. The third kappa shape index (κ3) is 11.1. The van der Waals surface area contributed by atoms with Gasteiger partial charge in [0, 0.05) is 0 Å². The molecule has 4 heterocycles. The predicted octanol–water partition coefficient (Wildman–Crippen LogP) is 11.1. The van der Waals surface area contributed by atoms with E-state index in [0.29, 0.717) is 18.7 Å². The summed E-state index contributed by atoms with van der Waals surface area (Å²) in [5.41, 5.74) is -11.0. The Morgan fingerprint density at radius 1 is 0.338 bits per heavy atom. The van der Waals surface area contributed by atoms with Crippen molar-refractivity contribution in [2.24, 2.45) is 0 Å². The van der Waals surface area contributed by atoms with E-state index < -0.39 is 152 Å². The van der Waals surface area contributed by atoms with Crippen molar-refractivity contribution in [2.75, 3.05) is 0 Å². The average molecular weight is 1220 g/mol. The summed E-state index contributed by atoms with van der Waals surface area (Å²) in [5.74, 6) is -17.2. The summed E-state index contributed by atoms with van der Waals surface area (Å²) in [5, 5.41) is 16.2. The molecule has 400 valence electrons. The number of aromatic nitrogens is 8. The van der Waals surface area contributed by atoms with Crippen LogP contribution in [0.15, 0.2) is 121 Å². The van der Waals surface area contributed by atoms with Crippen LogP contribution in [-0.4, -0.2) is 87.0 Å². The standard InChI is InChI=1S/4C12H9F3N2O2.Ce/c4*1-7-9(10(18)12(13,14)15)11(19)17(16-7)8-5-3-2-4-6-8;/h4*2-6,19H,1H3;/q;;;;+4/p-4. The number of para-hydroxylation sites is 4. The van der Waals surface area contributed by atoms with Crippen LogP contribution in [0.2, 0.25) is 0 Å². The van der Waals surface area contributed by atoms with E-state index in [2.05, 4.69) is 20.4 Å². The number of halogens is 12. The Balaban J connectivity index is 1.62. The molecular formula is C48H32CeF12N8O8. The van der Waals surface area contributed by atoms with Crippen LogP contribution in [0.4, 0.5) is 52.7 Å². The van der Waals surface area contributed by atoms with E-state index in [0.717, 1.165) is 76.2 Å². The summed E-state index contributed by atoms with van der Waals surface area (Å²) >= 11 is -8.77. The molecule has 16 nitrogen and oxygen atoms in total. The first-order valence-electron chi connectivity index (χ1n) is 21.8. The van der Waals surface area contributed by atoms with Gasteiger partial charge >= 0.3 is 439 Å². The number of carbonyl (C=O) groups excluding carboxylic acids is 4. The maximum atomic E-state index is 14.9. The number of hydrogen-bond donors (Lipinski definition) is 0. The Bertz CT molecular complexity index is 3090. The predicted molar refractivity (Wildman–Crippen MR) is 237 cm³/mol. The van der Waals surface area contributed by atoms with Gasteiger partial charge in [-0.05, 0) is 0 Å². The topological polar surface area (TPSA) is 176 Å². The molecule has 0 aliphatic carbocycles. The van der Waals surface area contributed by atoms with E-state index in [1.165, 1.54) is 72.8 Å². The number of aryl methyl sites for hydroxylation is 4. The van der Waals surface area contributed by atoms with Crippen molar-refractivity contribution in [2.45, 2.75) is 52.4 Å². The molecule has 0 spiro atoms. The fraction of sp³-hybridized carbons (Fsp3) is 0.167. The number of Topliss-reactive ketones (excluding diaryl/α,β-unsaturated/α-hetero) is 4. The molecule has 0 bridgehead atoms. The van der Waals surface area contributed by atoms with Crippen LogP contribution in [0.3, 0.4) is 0 Å². The average Bonchev–Trinajstić information content (AvgIpc) is 4.11. The molecule has 0 aliphatic rings. The number of ketones is 4. The molecule has 0 saturated carbocycles. The van der Waals surface area contributed by atoms with Gasteiger partial charge in [-0.1, -0.05) is 0 Å². The van der Waals surface area contributed by atoms with Crippen LogP contribution < -0.4 is 3.81 Å². The van der Waals surface area contributed by atoms with Crippen LogP contribution in [0.25, 0.3) is 22.7 Å². The van der Waals surface area contributed by atoms with Gasteiger partial charge in [0.05, 0.1) is 0 Å². The molecule has 0 atom stereocenters. The van der Waals surface area contributed by atoms with Crippen molar-refractivity contribution in [1.82, 2.24) is 39.1 Å². The normalized spacial score (nSPS) is 12.4. The van der Waals surface area contributed by atoms with E-state index in [9.17, 15) is 71.9 Å². The summed E-state index contributed by atoms with van der Waals surface area (Å²) in [7, 11) is 0. The molecule has 29 heteroatoms. The minimum absolute atomic E-state index is 0.316. The van der Waals surface area contributed by atoms with E-state index in [4.69, 9.17) is 3.81 Å². The Morgan fingerprint density at radius 2 is 0.506 bits per heavy atom. The van der Waals surface area contributed by atoms with Gasteiger partial charge in [-0.2, -0.15) is 0 Å². The fourth-order valence-electron chi connectivity index (χ4n) is 7.59. The molecule has 8 aromatic rings. The van der Waals surface area contributed by atoms with Gasteiger partial charge in [-0.3, -0.25) is 0 Å². The Morgan fingerprint density at radius 3 is 0.662 bits per heavy atom. The molecule has 8 rings (SSSR count). The summed E-state index contributed by atoms with van der Waals surface area (Å²) < 4.78 is 206. The molecule has 0 unspecified atom stereocenters. The van der Waals surface area contributed by atoms with Crippen molar-refractivity contribution in [3.05, 3.63) is 166 Å². The van der Waals surface area contributed by atoms with Crippen molar-refractivity contribution < 1.29 is 111 Å². The van der Waals surface area contributed by atoms with Crippen molar-refractivity contribution in [1.29, 1.82) is 0 Å².